The van der Waals surface area contributed by atoms with Crippen molar-refractivity contribution >= 4 is 40.7 Å². The highest BCUT2D eigenvalue weighted by Crippen LogP contribution is 2.48. The van der Waals surface area contributed by atoms with Gasteiger partial charge in [-0.15, -0.1) is 0 Å². The Hall–Kier alpha value is -4.52. The van der Waals surface area contributed by atoms with Gasteiger partial charge in [0.1, 0.15) is 11.4 Å². The number of nitrogens with one attached hydrogen (secondary N) is 2. The third kappa shape index (κ3) is 5.19. The number of carbonyl (C=O) groups excluding carboxylic acids is 2. The summed E-state index contributed by atoms with van der Waals surface area (Å²) in [7, 11) is 4.27. The van der Waals surface area contributed by atoms with Gasteiger partial charge < -0.3 is 19.9 Å². The first-order valence-corrected chi connectivity index (χ1v) is 16.1. The van der Waals surface area contributed by atoms with Crippen LogP contribution < -0.4 is 26.6 Å². The SMILES string of the molecule is COc1nc(-c2ccc(F)c(-c3cccc(NC(=O)c4cn(C)c(=O)n(C)c4=O)c3Cl)c2Cl)cc2c1C(N1CC3(CCC(=O)N3)C1)CC2. The van der Waals surface area contributed by atoms with E-state index >= 15 is 4.39 Å². The molecule has 48 heavy (non-hydrogen) atoms. The Morgan fingerprint density at radius 3 is 2.56 bits per heavy atom. The summed E-state index contributed by atoms with van der Waals surface area (Å²) in [6.07, 6.45) is 4.22. The number of nitrogens with zero attached hydrogens (tertiary/aromatic N) is 4. The van der Waals surface area contributed by atoms with Crippen molar-refractivity contribution in [3.8, 4) is 28.3 Å². The van der Waals surface area contributed by atoms with Crippen molar-refractivity contribution in [2.75, 3.05) is 25.5 Å². The monoisotopic (exact) mass is 692 g/mol. The number of halogens is 3. The van der Waals surface area contributed by atoms with Gasteiger partial charge in [-0.25, -0.2) is 14.2 Å². The van der Waals surface area contributed by atoms with Crippen molar-refractivity contribution in [1.82, 2.24) is 24.3 Å². The van der Waals surface area contributed by atoms with Gasteiger partial charge in [-0.3, -0.25) is 23.9 Å². The molecule has 3 aliphatic rings. The molecule has 2 fully saturated rings. The van der Waals surface area contributed by atoms with E-state index in [1.807, 2.05) is 6.07 Å². The molecule has 2 aromatic carbocycles. The van der Waals surface area contributed by atoms with Crippen LogP contribution in [0.15, 0.2) is 52.2 Å². The molecule has 7 rings (SSSR count). The lowest BCUT2D eigenvalue weighted by Gasteiger charge is -2.50. The van der Waals surface area contributed by atoms with Crippen molar-refractivity contribution < 1.29 is 18.7 Å². The van der Waals surface area contributed by atoms with Gasteiger partial charge in [0.15, 0.2) is 0 Å². The van der Waals surface area contributed by atoms with Crippen LogP contribution in [0.3, 0.4) is 0 Å². The van der Waals surface area contributed by atoms with Crippen LogP contribution in [0, 0.1) is 5.82 Å². The van der Waals surface area contributed by atoms with Crippen LogP contribution in [0.1, 0.15) is 46.8 Å². The molecule has 0 radical (unpaired) electrons. The number of carbonyl (C=O) groups is 2. The number of rotatable bonds is 6. The fourth-order valence-electron chi connectivity index (χ4n) is 7.18. The summed E-state index contributed by atoms with van der Waals surface area (Å²) in [5.41, 5.74) is 1.62. The van der Waals surface area contributed by atoms with Crippen molar-refractivity contribution in [3.63, 3.8) is 0 Å². The van der Waals surface area contributed by atoms with E-state index in [1.165, 1.54) is 26.2 Å². The number of likely N-dealkylation sites (tertiary alicyclic amines) is 1. The first kappa shape index (κ1) is 32.0. The summed E-state index contributed by atoms with van der Waals surface area (Å²) < 4.78 is 23.3. The lowest BCUT2D eigenvalue weighted by Crippen LogP contribution is -2.67. The van der Waals surface area contributed by atoms with Crippen LogP contribution in [0.4, 0.5) is 10.1 Å². The number of aryl methyl sites for hydroxylation is 2. The quantitative estimate of drug-likeness (QED) is 0.305. The maximum Gasteiger partial charge on any atom is 0.330 e. The summed E-state index contributed by atoms with van der Waals surface area (Å²) in [5.74, 6) is -0.859. The smallest absolute Gasteiger partial charge is 0.330 e. The summed E-state index contributed by atoms with van der Waals surface area (Å²) in [6, 6.07) is 9.56. The molecule has 2 amide bonds. The van der Waals surface area contributed by atoms with E-state index in [-0.39, 0.29) is 49.9 Å². The average Bonchev–Trinajstić information content (AvgIpc) is 3.66. The predicted octanol–water partition coefficient (Wildman–Crippen LogP) is 4.47. The van der Waals surface area contributed by atoms with Crippen LogP contribution in [0.5, 0.6) is 5.88 Å². The van der Waals surface area contributed by atoms with Crippen LogP contribution >= 0.6 is 23.2 Å². The largest absolute Gasteiger partial charge is 0.481 e. The van der Waals surface area contributed by atoms with Crippen molar-refractivity contribution in [3.05, 3.63) is 96.0 Å². The Kier molecular flexibility index (Phi) is 7.92. The van der Waals surface area contributed by atoms with Crippen LogP contribution in [0.2, 0.25) is 10.0 Å². The third-order valence-corrected chi connectivity index (χ3v) is 10.4. The highest BCUT2D eigenvalue weighted by Gasteiger charge is 2.51. The van der Waals surface area contributed by atoms with Gasteiger partial charge in [-0.1, -0.05) is 35.3 Å². The summed E-state index contributed by atoms with van der Waals surface area (Å²) >= 11 is 13.7. The number of amides is 2. The van der Waals surface area contributed by atoms with Gasteiger partial charge in [-0.05, 0) is 49.1 Å². The fraction of sp³-hybridized carbons (Fsp3) is 0.324. The number of pyridine rings is 1. The van der Waals surface area contributed by atoms with E-state index in [1.54, 1.807) is 25.3 Å². The molecule has 4 heterocycles. The first-order chi connectivity index (χ1) is 22.9. The lowest BCUT2D eigenvalue weighted by molar-refractivity contribution is -0.121. The second kappa shape index (κ2) is 11.9. The fourth-order valence-corrected chi connectivity index (χ4v) is 7.80. The maximum atomic E-state index is 15.6. The standard InChI is InChI=1S/C34H31Cl2FN6O5/c1-41-14-20(32(46)42(2)33(41)47)30(45)38-22-6-4-5-19(28(22)35)27-21(37)9-8-18(29(27)36)23-13-17-7-10-24(26(17)31(39-23)48-3)43-15-34(16-43)12-11-25(44)40-34/h4-6,8-9,13-14,24H,7,10-12,15-16H2,1-3H3,(H,38,45)(H,40,44). The molecule has 2 saturated heterocycles. The van der Waals surface area contributed by atoms with E-state index < -0.39 is 23.0 Å². The zero-order valence-electron chi connectivity index (χ0n) is 26.3. The normalized spacial score (nSPS) is 18.0. The van der Waals surface area contributed by atoms with Gasteiger partial charge in [0.25, 0.3) is 11.5 Å². The van der Waals surface area contributed by atoms with Gasteiger partial charge >= 0.3 is 5.69 Å². The minimum absolute atomic E-state index is 0.00134. The molecule has 2 N–H and O–H groups in total. The minimum atomic E-state index is -0.792. The molecule has 1 spiro atoms. The molecular formula is C34H31Cl2FN6O5. The molecule has 4 aromatic rings. The highest BCUT2D eigenvalue weighted by atomic mass is 35.5. The minimum Gasteiger partial charge on any atom is -0.481 e. The van der Waals surface area contributed by atoms with E-state index in [4.69, 9.17) is 32.9 Å². The highest BCUT2D eigenvalue weighted by molar-refractivity contribution is 6.39. The number of aromatic nitrogens is 3. The molecular weight excluding hydrogens is 662 g/mol. The first-order valence-electron chi connectivity index (χ1n) is 15.4. The Morgan fingerprint density at radius 2 is 1.85 bits per heavy atom. The van der Waals surface area contributed by atoms with Crippen LogP contribution in [-0.2, 0) is 25.3 Å². The molecule has 2 aromatic heterocycles. The number of fused-ring (bicyclic) bond motifs is 1. The van der Waals surface area contributed by atoms with Gasteiger partial charge in [0.05, 0.1) is 34.1 Å². The Balaban J connectivity index is 1.21. The molecule has 1 atom stereocenters. The molecule has 14 heteroatoms. The zero-order chi connectivity index (χ0) is 34.1. The third-order valence-electron chi connectivity index (χ3n) is 9.58. The number of methoxy groups -OCH3 is 1. The summed E-state index contributed by atoms with van der Waals surface area (Å²) in [5, 5.41) is 5.81. The van der Waals surface area contributed by atoms with Gasteiger partial charge in [0, 0.05) is 68.1 Å². The molecule has 1 aliphatic carbocycles. The number of anilines is 1. The van der Waals surface area contributed by atoms with Crippen molar-refractivity contribution in [2.45, 2.75) is 37.3 Å². The predicted molar refractivity (Wildman–Crippen MR) is 179 cm³/mol. The number of hydrogen-bond acceptors (Lipinski definition) is 7. The lowest BCUT2D eigenvalue weighted by atomic mass is 9.86. The molecule has 1 unspecified atom stereocenters. The van der Waals surface area contributed by atoms with Gasteiger partial charge in [-0.2, -0.15) is 0 Å². The van der Waals surface area contributed by atoms with Gasteiger partial charge in [0.2, 0.25) is 11.8 Å². The van der Waals surface area contributed by atoms with Crippen molar-refractivity contribution in [1.29, 1.82) is 0 Å². The molecule has 0 bridgehead atoms. The molecule has 11 nitrogen and oxygen atoms in total. The second-order valence-corrected chi connectivity index (χ2v) is 13.3. The number of ether oxygens (including phenoxy) is 1. The number of benzene rings is 2. The summed E-state index contributed by atoms with van der Waals surface area (Å²) in [6.45, 7) is 1.56. The van der Waals surface area contributed by atoms with E-state index in [0.29, 0.717) is 23.6 Å². The van der Waals surface area contributed by atoms with Crippen molar-refractivity contribution in [2.24, 2.45) is 14.1 Å². The Morgan fingerprint density at radius 1 is 1.08 bits per heavy atom. The van der Waals surface area contributed by atoms with E-state index in [0.717, 1.165) is 58.8 Å². The Labute approximate surface area is 284 Å². The number of hydrogen-bond donors (Lipinski definition) is 2. The molecule has 0 saturated carbocycles. The van der Waals surface area contributed by atoms with E-state index in [2.05, 4.69) is 15.5 Å². The van der Waals surface area contributed by atoms with Crippen LogP contribution in [0.25, 0.3) is 22.4 Å². The Bertz CT molecular complexity index is 2160. The second-order valence-electron chi connectivity index (χ2n) is 12.6. The average molecular weight is 694 g/mol. The van der Waals surface area contributed by atoms with Crippen LogP contribution in [-0.4, -0.2) is 56.6 Å². The zero-order valence-corrected chi connectivity index (χ0v) is 27.8. The molecule has 248 valence electrons. The summed E-state index contributed by atoms with van der Waals surface area (Å²) in [4.78, 5) is 56.8. The van der Waals surface area contributed by atoms with E-state index in [9.17, 15) is 19.2 Å². The maximum absolute atomic E-state index is 15.6. The molecule has 2 aliphatic heterocycles. The topological polar surface area (TPSA) is 128 Å².